The van der Waals surface area contributed by atoms with Crippen molar-refractivity contribution in [3.63, 3.8) is 0 Å². The molecule has 1 saturated heterocycles. The molecule has 1 heterocycles. The highest BCUT2D eigenvalue weighted by atomic mass is 19.1. The van der Waals surface area contributed by atoms with E-state index in [9.17, 15) is 4.39 Å². The standard InChI is InChI=1S/C11H20FNO/c12-11(5-1-2-6-11)9-13-10-3-7-14-8-4-10/h10,13H,1-9H2. The summed E-state index contributed by atoms with van der Waals surface area (Å²) >= 11 is 0. The Morgan fingerprint density at radius 2 is 1.86 bits per heavy atom. The Hall–Kier alpha value is -0.150. The van der Waals surface area contributed by atoms with E-state index in [1.165, 1.54) is 0 Å². The maximum absolute atomic E-state index is 14.0. The summed E-state index contributed by atoms with van der Waals surface area (Å²) in [4.78, 5) is 0. The summed E-state index contributed by atoms with van der Waals surface area (Å²) in [6.07, 6.45) is 5.70. The Morgan fingerprint density at radius 3 is 2.50 bits per heavy atom. The Morgan fingerprint density at radius 1 is 1.21 bits per heavy atom. The fourth-order valence-electron chi connectivity index (χ4n) is 2.41. The highest BCUT2D eigenvalue weighted by molar-refractivity contribution is 4.88. The van der Waals surface area contributed by atoms with Crippen LogP contribution in [0.15, 0.2) is 0 Å². The molecule has 1 N–H and O–H groups in total. The van der Waals surface area contributed by atoms with Crippen LogP contribution in [0.5, 0.6) is 0 Å². The lowest BCUT2D eigenvalue weighted by Gasteiger charge is -2.27. The van der Waals surface area contributed by atoms with Gasteiger partial charge in [-0.05, 0) is 25.7 Å². The minimum absolute atomic E-state index is 0.483. The molecule has 2 nitrogen and oxygen atoms in total. The lowest BCUT2D eigenvalue weighted by molar-refractivity contribution is 0.0703. The molecule has 0 aromatic carbocycles. The molecule has 2 aliphatic rings. The molecule has 1 aliphatic carbocycles. The van der Waals surface area contributed by atoms with Gasteiger partial charge in [-0.2, -0.15) is 0 Å². The van der Waals surface area contributed by atoms with Crippen LogP contribution in [0.1, 0.15) is 38.5 Å². The van der Waals surface area contributed by atoms with Crippen LogP contribution in [0, 0.1) is 0 Å². The second kappa shape index (κ2) is 4.58. The van der Waals surface area contributed by atoms with E-state index in [1.807, 2.05) is 0 Å². The average Bonchev–Trinajstić information content (AvgIpc) is 2.65. The molecular formula is C11H20FNO. The predicted molar refractivity (Wildman–Crippen MR) is 54.2 cm³/mol. The van der Waals surface area contributed by atoms with Crippen molar-refractivity contribution in [1.82, 2.24) is 5.32 Å². The van der Waals surface area contributed by atoms with Crippen molar-refractivity contribution >= 4 is 0 Å². The maximum Gasteiger partial charge on any atom is 0.123 e. The van der Waals surface area contributed by atoms with E-state index in [1.54, 1.807) is 0 Å². The van der Waals surface area contributed by atoms with Gasteiger partial charge in [0, 0.05) is 25.8 Å². The van der Waals surface area contributed by atoms with Gasteiger partial charge >= 0.3 is 0 Å². The first-order valence-electron chi connectivity index (χ1n) is 5.79. The largest absolute Gasteiger partial charge is 0.381 e. The van der Waals surface area contributed by atoms with Gasteiger partial charge in [-0.15, -0.1) is 0 Å². The monoisotopic (exact) mass is 201 g/mol. The SMILES string of the molecule is FC1(CNC2CCOCC2)CCCC1. The lowest BCUT2D eigenvalue weighted by Crippen LogP contribution is -2.42. The van der Waals surface area contributed by atoms with Crippen LogP contribution >= 0.6 is 0 Å². The first kappa shape index (κ1) is 10.4. The summed E-state index contributed by atoms with van der Waals surface area (Å²) in [5.41, 5.74) is -0.904. The van der Waals surface area contributed by atoms with E-state index in [-0.39, 0.29) is 0 Å². The van der Waals surface area contributed by atoms with Crippen molar-refractivity contribution < 1.29 is 9.13 Å². The van der Waals surface area contributed by atoms with Gasteiger partial charge in [-0.3, -0.25) is 0 Å². The van der Waals surface area contributed by atoms with Crippen LogP contribution < -0.4 is 5.32 Å². The molecule has 14 heavy (non-hydrogen) atoms. The van der Waals surface area contributed by atoms with Gasteiger partial charge in [0.05, 0.1) is 0 Å². The molecule has 1 aliphatic heterocycles. The molecule has 0 spiro atoms. The molecular weight excluding hydrogens is 181 g/mol. The normalized spacial score (nSPS) is 28.1. The highest BCUT2D eigenvalue weighted by Gasteiger charge is 2.33. The first-order valence-corrected chi connectivity index (χ1v) is 5.79. The molecule has 82 valence electrons. The third kappa shape index (κ3) is 2.67. The molecule has 0 atom stereocenters. The van der Waals surface area contributed by atoms with Gasteiger partial charge in [0.2, 0.25) is 0 Å². The zero-order valence-corrected chi connectivity index (χ0v) is 8.73. The highest BCUT2D eigenvalue weighted by Crippen LogP contribution is 2.32. The third-order valence-electron chi connectivity index (χ3n) is 3.43. The van der Waals surface area contributed by atoms with Crippen molar-refractivity contribution in [2.45, 2.75) is 50.2 Å². The minimum atomic E-state index is -0.904. The average molecular weight is 201 g/mol. The summed E-state index contributed by atoms with van der Waals surface area (Å²) in [5.74, 6) is 0. The minimum Gasteiger partial charge on any atom is -0.381 e. The van der Waals surface area contributed by atoms with Crippen molar-refractivity contribution in [3.8, 4) is 0 Å². The Bertz CT molecular complexity index is 174. The molecule has 2 fully saturated rings. The molecule has 0 unspecified atom stereocenters. The van der Waals surface area contributed by atoms with Crippen molar-refractivity contribution in [3.05, 3.63) is 0 Å². The van der Waals surface area contributed by atoms with E-state index in [4.69, 9.17) is 4.74 Å². The molecule has 1 saturated carbocycles. The van der Waals surface area contributed by atoms with Crippen LogP contribution in [0.25, 0.3) is 0 Å². The molecule has 0 bridgehead atoms. The second-order valence-corrected chi connectivity index (χ2v) is 4.63. The maximum atomic E-state index is 14.0. The van der Waals surface area contributed by atoms with Gasteiger partial charge in [0.1, 0.15) is 5.67 Å². The fourth-order valence-corrected chi connectivity index (χ4v) is 2.41. The number of nitrogens with one attached hydrogen (secondary N) is 1. The number of ether oxygens (including phenoxy) is 1. The summed E-state index contributed by atoms with van der Waals surface area (Å²) in [5, 5.41) is 3.35. The fraction of sp³-hybridized carbons (Fsp3) is 1.00. The van der Waals surface area contributed by atoms with Gasteiger partial charge in [-0.25, -0.2) is 4.39 Å². The molecule has 0 amide bonds. The molecule has 2 rings (SSSR count). The Balaban J connectivity index is 1.70. The van der Waals surface area contributed by atoms with Crippen molar-refractivity contribution in [2.75, 3.05) is 19.8 Å². The van der Waals surface area contributed by atoms with Gasteiger partial charge in [0.15, 0.2) is 0 Å². The zero-order chi connectivity index (χ0) is 9.86. The van der Waals surface area contributed by atoms with E-state index in [2.05, 4.69) is 5.32 Å². The predicted octanol–water partition coefficient (Wildman–Crippen LogP) is 2.04. The molecule has 0 radical (unpaired) electrons. The van der Waals surface area contributed by atoms with Crippen LogP contribution in [0.3, 0.4) is 0 Å². The number of alkyl halides is 1. The smallest absolute Gasteiger partial charge is 0.123 e. The Kier molecular flexibility index (Phi) is 3.39. The van der Waals surface area contributed by atoms with E-state index < -0.39 is 5.67 Å². The topological polar surface area (TPSA) is 21.3 Å². The second-order valence-electron chi connectivity index (χ2n) is 4.63. The number of halogens is 1. The molecule has 0 aromatic rings. The van der Waals surface area contributed by atoms with Crippen LogP contribution in [0.2, 0.25) is 0 Å². The number of hydrogen-bond donors (Lipinski definition) is 1. The van der Waals surface area contributed by atoms with Crippen molar-refractivity contribution in [1.29, 1.82) is 0 Å². The quantitative estimate of drug-likeness (QED) is 0.754. The third-order valence-corrected chi connectivity index (χ3v) is 3.43. The number of hydrogen-bond acceptors (Lipinski definition) is 2. The van der Waals surface area contributed by atoms with Gasteiger partial charge in [-0.1, -0.05) is 12.8 Å². The number of rotatable bonds is 3. The van der Waals surface area contributed by atoms with E-state index in [0.717, 1.165) is 51.7 Å². The summed E-state index contributed by atoms with van der Waals surface area (Å²) in [6.45, 7) is 2.21. The zero-order valence-electron chi connectivity index (χ0n) is 8.73. The molecule has 3 heteroatoms. The summed E-state index contributed by atoms with van der Waals surface area (Å²) in [7, 11) is 0. The van der Waals surface area contributed by atoms with E-state index in [0.29, 0.717) is 12.6 Å². The Labute approximate surface area is 85.2 Å². The first-order chi connectivity index (χ1) is 6.79. The molecule has 0 aromatic heterocycles. The summed E-state index contributed by atoms with van der Waals surface area (Å²) in [6, 6.07) is 0.483. The van der Waals surface area contributed by atoms with Crippen LogP contribution in [0.4, 0.5) is 4.39 Å². The van der Waals surface area contributed by atoms with Crippen LogP contribution in [-0.2, 0) is 4.74 Å². The lowest BCUT2D eigenvalue weighted by atomic mass is 10.0. The van der Waals surface area contributed by atoms with E-state index >= 15 is 0 Å². The summed E-state index contributed by atoms with van der Waals surface area (Å²) < 4.78 is 19.2. The van der Waals surface area contributed by atoms with Crippen molar-refractivity contribution in [2.24, 2.45) is 0 Å². The van der Waals surface area contributed by atoms with Gasteiger partial charge in [0.25, 0.3) is 0 Å². The van der Waals surface area contributed by atoms with Gasteiger partial charge < -0.3 is 10.1 Å². The van der Waals surface area contributed by atoms with Crippen LogP contribution in [-0.4, -0.2) is 31.5 Å².